The summed E-state index contributed by atoms with van der Waals surface area (Å²) >= 11 is 1.84. The van der Waals surface area contributed by atoms with Gasteiger partial charge in [-0.2, -0.15) is 0 Å². The van der Waals surface area contributed by atoms with Crippen LogP contribution in [0.2, 0.25) is 0 Å². The first-order valence-corrected chi connectivity index (χ1v) is 13.1. The Kier molecular flexibility index (Phi) is 7.34. The van der Waals surface area contributed by atoms with Gasteiger partial charge in [-0.05, 0) is 43.0 Å². The molecular formula is C29H33N3S. The summed E-state index contributed by atoms with van der Waals surface area (Å²) in [5, 5.41) is 1.17. The molecule has 0 N–H and O–H groups in total. The maximum Gasteiger partial charge on any atom is 0.186 e. The molecule has 0 saturated carbocycles. The average molecular weight is 456 g/mol. The van der Waals surface area contributed by atoms with E-state index in [0.717, 1.165) is 31.7 Å². The number of para-hydroxylation sites is 1. The Labute approximate surface area is 201 Å². The van der Waals surface area contributed by atoms with Crippen molar-refractivity contribution >= 4 is 26.7 Å². The molecule has 1 saturated heterocycles. The number of aryl methyl sites for hydroxylation is 1. The standard InChI is InChI=1S/C29H33N3S/c1(5-12-24-13-6-3-7-14-24)2-10-19-31-20-22-32(23-21-31)29-30-28-26(17-11-18-27(28)33-29)25-15-8-4-9-16-25/h3-4,6-9,11,13-18H,1-2,5,10,12,19-23H2. The lowest BCUT2D eigenvalue weighted by Gasteiger charge is -2.34. The molecule has 3 nitrogen and oxygen atoms in total. The minimum Gasteiger partial charge on any atom is -0.345 e. The Hall–Kier alpha value is -2.69. The fourth-order valence-electron chi connectivity index (χ4n) is 4.75. The number of aromatic nitrogens is 1. The van der Waals surface area contributed by atoms with Gasteiger partial charge in [0.25, 0.3) is 0 Å². The van der Waals surface area contributed by atoms with Crippen molar-refractivity contribution in [3.05, 3.63) is 84.4 Å². The normalized spacial score (nSPS) is 14.7. The monoisotopic (exact) mass is 455 g/mol. The van der Waals surface area contributed by atoms with E-state index in [1.54, 1.807) is 0 Å². The van der Waals surface area contributed by atoms with Crippen molar-refractivity contribution in [1.82, 2.24) is 9.88 Å². The fraction of sp³-hybridized carbons (Fsp3) is 0.345. The molecule has 0 radical (unpaired) electrons. The quantitative estimate of drug-likeness (QED) is 0.256. The molecular weight excluding hydrogens is 422 g/mol. The zero-order chi connectivity index (χ0) is 22.3. The molecule has 4 aromatic rings. The predicted octanol–water partition coefficient (Wildman–Crippen LogP) is 6.89. The molecule has 2 heterocycles. The van der Waals surface area contributed by atoms with E-state index in [1.165, 1.54) is 65.2 Å². The minimum absolute atomic E-state index is 1.08. The summed E-state index contributed by atoms with van der Waals surface area (Å²) in [5.74, 6) is 0. The number of unbranched alkanes of at least 4 members (excludes halogenated alkanes) is 3. The number of fused-ring (bicyclic) bond motifs is 1. The van der Waals surface area contributed by atoms with E-state index in [-0.39, 0.29) is 0 Å². The van der Waals surface area contributed by atoms with Crippen LogP contribution in [0.25, 0.3) is 21.3 Å². The molecule has 1 aliphatic heterocycles. The molecule has 4 heteroatoms. The lowest BCUT2D eigenvalue weighted by atomic mass is 10.1. The van der Waals surface area contributed by atoms with Crippen molar-refractivity contribution < 1.29 is 0 Å². The van der Waals surface area contributed by atoms with Gasteiger partial charge < -0.3 is 4.90 Å². The van der Waals surface area contributed by atoms with Gasteiger partial charge in [0, 0.05) is 31.7 Å². The summed E-state index contributed by atoms with van der Waals surface area (Å²) in [6, 6.07) is 28.1. The van der Waals surface area contributed by atoms with E-state index in [4.69, 9.17) is 4.98 Å². The number of thiazole rings is 1. The molecule has 1 aliphatic rings. The highest BCUT2D eigenvalue weighted by atomic mass is 32.1. The first-order chi connectivity index (χ1) is 16.4. The van der Waals surface area contributed by atoms with Gasteiger partial charge in [0.1, 0.15) is 0 Å². The average Bonchev–Trinajstić information content (AvgIpc) is 3.32. The first-order valence-electron chi connectivity index (χ1n) is 12.3. The molecule has 170 valence electrons. The van der Waals surface area contributed by atoms with Crippen molar-refractivity contribution in [2.24, 2.45) is 0 Å². The van der Waals surface area contributed by atoms with Crippen LogP contribution in [0.15, 0.2) is 78.9 Å². The third kappa shape index (κ3) is 5.63. The van der Waals surface area contributed by atoms with Crippen LogP contribution in [-0.2, 0) is 6.42 Å². The first kappa shape index (κ1) is 22.1. The number of rotatable bonds is 9. The highest BCUT2D eigenvalue weighted by molar-refractivity contribution is 7.22. The third-order valence-electron chi connectivity index (χ3n) is 6.67. The summed E-state index contributed by atoms with van der Waals surface area (Å²) in [6.07, 6.45) is 6.52. The van der Waals surface area contributed by atoms with Crippen molar-refractivity contribution in [2.75, 3.05) is 37.6 Å². The van der Waals surface area contributed by atoms with Crippen molar-refractivity contribution in [3.63, 3.8) is 0 Å². The summed E-state index contributed by atoms with van der Waals surface area (Å²) in [7, 11) is 0. The largest absolute Gasteiger partial charge is 0.345 e. The minimum atomic E-state index is 1.08. The summed E-state index contributed by atoms with van der Waals surface area (Å²) < 4.78 is 1.28. The summed E-state index contributed by atoms with van der Waals surface area (Å²) in [5.41, 5.74) is 5.09. The van der Waals surface area contributed by atoms with Crippen LogP contribution in [0.5, 0.6) is 0 Å². The van der Waals surface area contributed by atoms with Gasteiger partial charge >= 0.3 is 0 Å². The maximum absolute atomic E-state index is 5.08. The molecule has 0 aliphatic carbocycles. The van der Waals surface area contributed by atoms with Crippen LogP contribution in [0.4, 0.5) is 5.13 Å². The van der Waals surface area contributed by atoms with Crippen LogP contribution in [0, 0.1) is 0 Å². The number of hydrogen-bond acceptors (Lipinski definition) is 4. The maximum atomic E-state index is 5.08. The molecule has 1 aromatic heterocycles. The lowest BCUT2D eigenvalue weighted by Crippen LogP contribution is -2.46. The Balaban J connectivity index is 1.09. The van der Waals surface area contributed by atoms with E-state index >= 15 is 0 Å². The highest BCUT2D eigenvalue weighted by Crippen LogP contribution is 2.35. The van der Waals surface area contributed by atoms with E-state index < -0.39 is 0 Å². The zero-order valence-corrected chi connectivity index (χ0v) is 20.1. The van der Waals surface area contributed by atoms with Gasteiger partial charge in [-0.25, -0.2) is 4.98 Å². The van der Waals surface area contributed by atoms with E-state index in [0.29, 0.717) is 0 Å². The van der Waals surface area contributed by atoms with E-state index in [9.17, 15) is 0 Å². The van der Waals surface area contributed by atoms with Crippen LogP contribution >= 0.6 is 11.3 Å². The molecule has 0 spiro atoms. The van der Waals surface area contributed by atoms with Crippen molar-refractivity contribution in [2.45, 2.75) is 32.1 Å². The van der Waals surface area contributed by atoms with Crippen LogP contribution in [-0.4, -0.2) is 42.6 Å². The number of hydrogen-bond donors (Lipinski definition) is 0. The SMILES string of the molecule is c1ccc(CCCCCCN2CCN(c3nc4c(-c5ccccc5)cccc4s3)CC2)cc1. The van der Waals surface area contributed by atoms with Gasteiger partial charge in [0.2, 0.25) is 0 Å². The summed E-state index contributed by atoms with van der Waals surface area (Å²) in [6.45, 7) is 5.68. The van der Waals surface area contributed by atoms with Crippen molar-refractivity contribution in [3.8, 4) is 11.1 Å². The molecule has 33 heavy (non-hydrogen) atoms. The molecule has 3 aromatic carbocycles. The number of benzene rings is 3. The topological polar surface area (TPSA) is 19.4 Å². The molecule has 0 amide bonds. The van der Waals surface area contributed by atoms with Crippen LogP contribution in [0.3, 0.4) is 0 Å². The Morgan fingerprint density at radius 1 is 0.697 bits per heavy atom. The van der Waals surface area contributed by atoms with Gasteiger partial charge in [0.15, 0.2) is 5.13 Å². The third-order valence-corrected chi connectivity index (χ3v) is 7.75. The Bertz CT molecular complexity index is 1130. The molecule has 0 atom stereocenters. The lowest BCUT2D eigenvalue weighted by molar-refractivity contribution is 0.252. The second-order valence-corrected chi connectivity index (χ2v) is 10.0. The zero-order valence-electron chi connectivity index (χ0n) is 19.3. The second-order valence-electron chi connectivity index (χ2n) is 8.99. The molecule has 5 rings (SSSR count). The van der Waals surface area contributed by atoms with Crippen LogP contribution < -0.4 is 4.90 Å². The van der Waals surface area contributed by atoms with Crippen LogP contribution in [0.1, 0.15) is 31.2 Å². The Morgan fingerprint density at radius 2 is 1.42 bits per heavy atom. The van der Waals surface area contributed by atoms with Gasteiger partial charge in [-0.1, -0.05) is 97.0 Å². The van der Waals surface area contributed by atoms with Gasteiger partial charge in [-0.15, -0.1) is 0 Å². The van der Waals surface area contributed by atoms with E-state index in [1.807, 2.05) is 11.3 Å². The fourth-order valence-corrected chi connectivity index (χ4v) is 5.79. The summed E-state index contributed by atoms with van der Waals surface area (Å²) in [4.78, 5) is 10.2. The molecule has 0 unspecified atom stereocenters. The second kappa shape index (κ2) is 11.0. The highest BCUT2D eigenvalue weighted by Gasteiger charge is 2.20. The number of nitrogens with zero attached hydrogens (tertiary/aromatic N) is 3. The number of piperazine rings is 1. The smallest absolute Gasteiger partial charge is 0.186 e. The Morgan fingerprint density at radius 3 is 2.21 bits per heavy atom. The van der Waals surface area contributed by atoms with Gasteiger partial charge in [0.05, 0.1) is 10.2 Å². The number of anilines is 1. The van der Waals surface area contributed by atoms with E-state index in [2.05, 4.69) is 88.7 Å². The van der Waals surface area contributed by atoms with Crippen molar-refractivity contribution in [1.29, 1.82) is 0 Å². The predicted molar refractivity (Wildman–Crippen MR) is 142 cm³/mol. The molecule has 0 bridgehead atoms. The van der Waals surface area contributed by atoms with Gasteiger partial charge in [-0.3, -0.25) is 4.90 Å². The molecule has 1 fully saturated rings.